The molecule has 0 bridgehead atoms. The second-order valence-corrected chi connectivity index (χ2v) is 6.19. The third-order valence-corrected chi connectivity index (χ3v) is 4.41. The molecule has 1 atom stereocenters. The minimum atomic E-state index is 0.123. The molecular formula is C17H23N5O. The predicted octanol–water partition coefficient (Wildman–Crippen LogP) is 1.25. The maximum absolute atomic E-state index is 12.5. The second kappa shape index (κ2) is 6.50. The van der Waals surface area contributed by atoms with Gasteiger partial charge in [-0.2, -0.15) is 0 Å². The topological polar surface area (TPSA) is 63.1 Å². The lowest BCUT2D eigenvalue weighted by Gasteiger charge is -2.33. The fraction of sp³-hybridized carbons (Fsp3) is 0.471. The molecule has 1 aliphatic rings. The molecule has 1 amide bonds. The van der Waals surface area contributed by atoms with Crippen LogP contribution in [-0.2, 0) is 11.2 Å². The van der Waals surface area contributed by atoms with Crippen LogP contribution in [0.15, 0.2) is 24.3 Å². The molecule has 3 rings (SSSR count). The summed E-state index contributed by atoms with van der Waals surface area (Å²) < 4.78 is 1.79. The third-order valence-electron chi connectivity index (χ3n) is 4.41. The maximum Gasteiger partial charge on any atom is 0.229 e. The number of aromatic nitrogens is 3. The van der Waals surface area contributed by atoms with Gasteiger partial charge in [-0.1, -0.05) is 22.9 Å². The molecule has 0 saturated carbocycles. The second-order valence-electron chi connectivity index (χ2n) is 6.19. The summed E-state index contributed by atoms with van der Waals surface area (Å²) in [7, 11) is 0. The Hall–Kier alpha value is -2.21. The van der Waals surface area contributed by atoms with E-state index in [-0.39, 0.29) is 11.9 Å². The first-order valence-electron chi connectivity index (χ1n) is 8.04. The SMILES string of the molecule is Cc1ccc(-n2nnc(CC(=O)N3CCNC[C@H]3C)c2C)cc1. The van der Waals surface area contributed by atoms with Gasteiger partial charge < -0.3 is 10.2 Å². The average Bonchev–Trinajstić information content (AvgIpc) is 2.89. The molecule has 2 heterocycles. The summed E-state index contributed by atoms with van der Waals surface area (Å²) in [5.74, 6) is 0.123. The highest BCUT2D eigenvalue weighted by Crippen LogP contribution is 2.15. The van der Waals surface area contributed by atoms with Crippen LogP contribution in [0.5, 0.6) is 0 Å². The monoisotopic (exact) mass is 313 g/mol. The summed E-state index contributed by atoms with van der Waals surface area (Å²) in [6, 6.07) is 8.35. The van der Waals surface area contributed by atoms with E-state index in [0.29, 0.717) is 6.42 Å². The van der Waals surface area contributed by atoms with Gasteiger partial charge >= 0.3 is 0 Å². The van der Waals surface area contributed by atoms with Gasteiger partial charge in [0, 0.05) is 25.7 Å². The summed E-state index contributed by atoms with van der Waals surface area (Å²) in [6.45, 7) is 8.54. The van der Waals surface area contributed by atoms with Crippen molar-refractivity contribution in [3.05, 3.63) is 41.2 Å². The van der Waals surface area contributed by atoms with E-state index >= 15 is 0 Å². The van der Waals surface area contributed by atoms with Gasteiger partial charge in [-0.15, -0.1) is 5.10 Å². The van der Waals surface area contributed by atoms with Crippen molar-refractivity contribution in [2.24, 2.45) is 0 Å². The van der Waals surface area contributed by atoms with Crippen LogP contribution in [-0.4, -0.2) is 51.5 Å². The van der Waals surface area contributed by atoms with E-state index in [1.807, 2.05) is 36.1 Å². The summed E-state index contributed by atoms with van der Waals surface area (Å²) in [6.07, 6.45) is 0.308. The lowest BCUT2D eigenvalue weighted by atomic mass is 10.1. The van der Waals surface area contributed by atoms with E-state index in [9.17, 15) is 4.79 Å². The number of hydrogen-bond acceptors (Lipinski definition) is 4. The van der Waals surface area contributed by atoms with Crippen LogP contribution in [0.4, 0.5) is 0 Å². The Morgan fingerprint density at radius 3 is 2.74 bits per heavy atom. The van der Waals surface area contributed by atoms with Crippen LogP contribution >= 0.6 is 0 Å². The van der Waals surface area contributed by atoms with Crippen molar-refractivity contribution < 1.29 is 4.79 Å². The van der Waals surface area contributed by atoms with Crippen LogP contribution in [0.1, 0.15) is 23.9 Å². The number of piperazine rings is 1. The molecule has 1 aliphatic heterocycles. The first kappa shape index (κ1) is 15.7. The Balaban J connectivity index is 1.76. The molecule has 0 unspecified atom stereocenters. The number of amides is 1. The number of nitrogens with zero attached hydrogens (tertiary/aromatic N) is 4. The molecule has 1 fully saturated rings. The van der Waals surface area contributed by atoms with Crippen molar-refractivity contribution in [1.82, 2.24) is 25.2 Å². The van der Waals surface area contributed by atoms with Crippen LogP contribution in [0.3, 0.4) is 0 Å². The van der Waals surface area contributed by atoms with Gasteiger partial charge in [-0.3, -0.25) is 4.79 Å². The Morgan fingerprint density at radius 1 is 1.30 bits per heavy atom. The number of nitrogens with one attached hydrogen (secondary N) is 1. The van der Waals surface area contributed by atoms with Crippen LogP contribution < -0.4 is 5.32 Å². The molecule has 1 saturated heterocycles. The molecule has 1 aromatic heterocycles. The fourth-order valence-corrected chi connectivity index (χ4v) is 2.91. The van der Waals surface area contributed by atoms with E-state index in [1.165, 1.54) is 5.56 Å². The molecular weight excluding hydrogens is 290 g/mol. The van der Waals surface area contributed by atoms with Crippen molar-refractivity contribution in [1.29, 1.82) is 0 Å². The molecule has 1 N–H and O–H groups in total. The zero-order valence-corrected chi connectivity index (χ0v) is 13.9. The highest BCUT2D eigenvalue weighted by Gasteiger charge is 2.24. The standard InChI is InChI=1S/C17H23N5O/c1-12-4-6-15(7-5-12)22-14(3)16(19-20-22)10-17(23)21-9-8-18-11-13(21)2/h4-7,13,18H,8-11H2,1-3H3/t13-/m1/s1. The molecule has 2 aromatic rings. The first-order valence-corrected chi connectivity index (χ1v) is 8.04. The Morgan fingerprint density at radius 2 is 2.04 bits per heavy atom. The molecule has 0 aliphatic carbocycles. The smallest absolute Gasteiger partial charge is 0.229 e. The normalized spacial score (nSPS) is 18.2. The molecule has 1 aromatic carbocycles. The number of hydrogen-bond donors (Lipinski definition) is 1. The van der Waals surface area contributed by atoms with E-state index in [4.69, 9.17) is 0 Å². The summed E-state index contributed by atoms with van der Waals surface area (Å²) in [5, 5.41) is 11.7. The summed E-state index contributed by atoms with van der Waals surface area (Å²) in [4.78, 5) is 14.5. The van der Waals surface area contributed by atoms with Gasteiger partial charge in [0.05, 0.1) is 23.5 Å². The third kappa shape index (κ3) is 3.27. The number of carbonyl (C=O) groups excluding carboxylic acids is 1. The largest absolute Gasteiger partial charge is 0.337 e. The quantitative estimate of drug-likeness (QED) is 0.926. The molecule has 122 valence electrons. The lowest BCUT2D eigenvalue weighted by Crippen LogP contribution is -2.52. The Kier molecular flexibility index (Phi) is 4.43. The van der Waals surface area contributed by atoms with Crippen LogP contribution in [0.25, 0.3) is 5.69 Å². The predicted molar refractivity (Wildman–Crippen MR) is 88.6 cm³/mol. The minimum absolute atomic E-state index is 0.123. The van der Waals surface area contributed by atoms with Gasteiger partial charge in [0.25, 0.3) is 0 Å². The zero-order valence-electron chi connectivity index (χ0n) is 13.9. The van der Waals surface area contributed by atoms with Gasteiger partial charge in [0.1, 0.15) is 0 Å². The summed E-state index contributed by atoms with van der Waals surface area (Å²) >= 11 is 0. The van der Waals surface area contributed by atoms with Gasteiger partial charge in [0.2, 0.25) is 5.91 Å². The molecule has 0 radical (unpaired) electrons. The van der Waals surface area contributed by atoms with Gasteiger partial charge in [-0.25, -0.2) is 4.68 Å². The zero-order chi connectivity index (χ0) is 16.4. The van der Waals surface area contributed by atoms with Gasteiger partial charge in [0.15, 0.2) is 0 Å². The molecule has 6 heteroatoms. The fourth-order valence-electron chi connectivity index (χ4n) is 2.91. The Labute approximate surface area is 136 Å². The van der Waals surface area contributed by atoms with E-state index < -0.39 is 0 Å². The lowest BCUT2D eigenvalue weighted by molar-refractivity contribution is -0.133. The van der Waals surface area contributed by atoms with Crippen molar-refractivity contribution in [3.63, 3.8) is 0 Å². The van der Waals surface area contributed by atoms with E-state index in [0.717, 1.165) is 36.7 Å². The van der Waals surface area contributed by atoms with Crippen molar-refractivity contribution >= 4 is 5.91 Å². The molecule has 6 nitrogen and oxygen atoms in total. The Bertz CT molecular complexity index is 692. The van der Waals surface area contributed by atoms with Crippen molar-refractivity contribution in [2.75, 3.05) is 19.6 Å². The molecule has 23 heavy (non-hydrogen) atoms. The number of carbonyl (C=O) groups is 1. The highest BCUT2D eigenvalue weighted by molar-refractivity contribution is 5.79. The van der Waals surface area contributed by atoms with Crippen molar-refractivity contribution in [2.45, 2.75) is 33.2 Å². The summed E-state index contributed by atoms with van der Waals surface area (Å²) in [5.41, 5.74) is 3.84. The first-order chi connectivity index (χ1) is 11.1. The van der Waals surface area contributed by atoms with Crippen molar-refractivity contribution in [3.8, 4) is 5.69 Å². The van der Waals surface area contributed by atoms with E-state index in [1.54, 1.807) is 4.68 Å². The highest BCUT2D eigenvalue weighted by atomic mass is 16.2. The number of benzene rings is 1. The minimum Gasteiger partial charge on any atom is -0.337 e. The van der Waals surface area contributed by atoms with E-state index in [2.05, 4.69) is 29.5 Å². The average molecular weight is 313 g/mol. The number of aryl methyl sites for hydroxylation is 1. The van der Waals surface area contributed by atoms with Crippen LogP contribution in [0, 0.1) is 13.8 Å². The van der Waals surface area contributed by atoms with Crippen LogP contribution in [0.2, 0.25) is 0 Å². The van der Waals surface area contributed by atoms with Gasteiger partial charge in [-0.05, 0) is 32.9 Å². The number of rotatable bonds is 3. The molecule has 0 spiro atoms. The maximum atomic E-state index is 12.5.